The maximum absolute atomic E-state index is 5.98. The van der Waals surface area contributed by atoms with Crippen LogP contribution in [0.15, 0.2) is 24.3 Å². The normalized spacial score (nSPS) is 20.1. The van der Waals surface area contributed by atoms with Crippen molar-refractivity contribution < 1.29 is 0 Å². The summed E-state index contributed by atoms with van der Waals surface area (Å²) in [5.74, 6) is 0. The summed E-state index contributed by atoms with van der Waals surface area (Å²) in [6, 6.07) is 8.87. The maximum atomic E-state index is 5.98. The summed E-state index contributed by atoms with van der Waals surface area (Å²) in [7, 11) is 0. The lowest BCUT2D eigenvalue weighted by atomic mass is 9.73. The number of hydrogen-bond acceptors (Lipinski definition) is 2. The Kier molecular flexibility index (Phi) is 3.08. The second-order valence-corrected chi connectivity index (χ2v) is 4.60. The molecule has 1 heterocycles. The minimum Gasteiger partial charge on any atom is -0.330 e. The van der Waals surface area contributed by atoms with Crippen LogP contribution in [0.3, 0.4) is 0 Å². The van der Waals surface area contributed by atoms with Crippen LogP contribution in [0, 0.1) is 6.92 Å². The molecule has 1 aromatic rings. The van der Waals surface area contributed by atoms with Gasteiger partial charge in [-0.15, -0.1) is 0 Å². The largest absolute Gasteiger partial charge is 0.330 e. The number of rotatable bonds is 2. The lowest BCUT2D eigenvalue weighted by Crippen LogP contribution is -2.44. The molecule has 0 aromatic heterocycles. The van der Waals surface area contributed by atoms with Crippen molar-refractivity contribution in [3.63, 3.8) is 0 Å². The van der Waals surface area contributed by atoms with Crippen LogP contribution in [0.2, 0.25) is 0 Å². The fraction of sp³-hybridized carbons (Fsp3) is 0.538. The van der Waals surface area contributed by atoms with E-state index < -0.39 is 0 Å². The summed E-state index contributed by atoms with van der Waals surface area (Å²) < 4.78 is 0. The molecule has 0 spiro atoms. The average molecular weight is 204 g/mol. The molecule has 0 saturated carbocycles. The lowest BCUT2D eigenvalue weighted by Gasteiger charge is -2.37. The van der Waals surface area contributed by atoms with Crippen LogP contribution >= 0.6 is 0 Å². The van der Waals surface area contributed by atoms with Gasteiger partial charge in [-0.3, -0.25) is 0 Å². The molecule has 0 unspecified atom stereocenters. The minimum absolute atomic E-state index is 0.221. The second-order valence-electron chi connectivity index (χ2n) is 4.60. The van der Waals surface area contributed by atoms with Crippen LogP contribution < -0.4 is 11.1 Å². The molecule has 0 aliphatic carbocycles. The number of piperidine rings is 1. The number of hydrogen-bond donors (Lipinski definition) is 2. The zero-order valence-electron chi connectivity index (χ0n) is 9.42. The van der Waals surface area contributed by atoms with Crippen molar-refractivity contribution in [2.45, 2.75) is 25.2 Å². The fourth-order valence-corrected chi connectivity index (χ4v) is 2.42. The highest BCUT2D eigenvalue weighted by Crippen LogP contribution is 2.32. The van der Waals surface area contributed by atoms with Crippen LogP contribution in [0.25, 0.3) is 0 Å². The van der Waals surface area contributed by atoms with Gasteiger partial charge in [-0.1, -0.05) is 29.8 Å². The van der Waals surface area contributed by atoms with E-state index >= 15 is 0 Å². The topological polar surface area (TPSA) is 38.0 Å². The molecule has 1 aliphatic heterocycles. The molecule has 15 heavy (non-hydrogen) atoms. The van der Waals surface area contributed by atoms with Crippen molar-refractivity contribution in [2.24, 2.45) is 5.73 Å². The number of aryl methyl sites for hydroxylation is 1. The van der Waals surface area contributed by atoms with E-state index in [1.54, 1.807) is 0 Å². The lowest BCUT2D eigenvalue weighted by molar-refractivity contribution is 0.315. The average Bonchev–Trinajstić information content (AvgIpc) is 2.31. The van der Waals surface area contributed by atoms with Crippen molar-refractivity contribution in [1.82, 2.24) is 5.32 Å². The van der Waals surface area contributed by atoms with E-state index in [1.807, 2.05) is 0 Å². The van der Waals surface area contributed by atoms with Crippen LogP contribution in [-0.4, -0.2) is 19.6 Å². The van der Waals surface area contributed by atoms with Gasteiger partial charge in [-0.05, 0) is 38.4 Å². The molecular weight excluding hydrogens is 184 g/mol. The van der Waals surface area contributed by atoms with E-state index in [0.717, 1.165) is 32.5 Å². The van der Waals surface area contributed by atoms with Gasteiger partial charge in [0.15, 0.2) is 0 Å². The standard InChI is InChI=1S/C13H20N2/c1-11-2-4-12(5-3-11)13(10-14)6-8-15-9-7-13/h2-5,15H,6-10,14H2,1H3. The molecular formula is C13H20N2. The number of benzene rings is 1. The Balaban J connectivity index is 2.28. The van der Waals surface area contributed by atoms with E-state index in [9.17, 15) is 0 Å². The molecule has 0 bridgehead atoms. The maximum Gasteiger partial charge on any atom is 0.00996 e. The third-order valence-corrected chi connectivity index (χ3v) is 3.62. The molecule has 82 valence electrons. The molecule has 2 nitrogen and oxygen atoms in total. The molecule has 3 N–H and O–H groups in total. The first kappa shape index (κ1) is 10.7. The van der Waals surface area contributed by atoms with E-state index in [4.69, 9.17) is 5.73 Å². The second kappa shape index (κ2) is 4.33. The molecule has 2 heteroatoms. The van der Waals surface area contributed by atoms with Crippen molar-refractivity contribution in [2.75, 3.05) is 19.6 Å². The smallest absolute Gasteiger partial charge is 0.00996 e. The first-order valence-corrected chi connectivity index (χ1v) is 5.75. The zero-order chi connectivity index (χ0) is 10.7. The molecule has 0 radical (unpaired) electrons. The highest BCUT2D eigenvalue weighted by atomic mass is 14.9. The van der Waals surface area contributed by atoms with Crippen molar-refractivity contribution in [3.8, 4) is 0 Å². The van der Waals surface area contributed by atoms with Gasteiger partial charge >= 0.3 is 0 Å². The summed E-state index contributed by atoms with van der Waals surface area (Å²) >= 11 is 0. The molecule has 1 aromatic carbocycles. The Morgan fingerprint density at radius 1 is 1.20 bits per heavy atom. The first-order valence-electron chi connectivity index (χ1n) is 5.75. The Hall–Kier alpha value is -0.860. The van der Waals surface area contributed by atoms with Gasteiger partial charge < -0.3 is 11.1 Å². The Bertz CT molecular complexity index is 310. The Morgan fingerprint density at radius 2 is 1.80 bits per heavy atom. The van der Waals surface area contributed by atoms with E-state index in [1.165, 1.54) is 11.1 Å². The Morgan fingerprint density at radius 3 is 2.33 bits per heavy atom. The molecule has 0 atom stereocenters. The van der Waals surface area contributed by atoms with Crippen molar-refractivity contribution in [3.05, 3.63) is 35.4 Å². The summed E-state index contributed by atoms with van der Waals surface area (Å²) in [5.41, 5.74) is 8.94. The number of nitrogens with two attached hydrogens (primary N) is 1. The van der Waals surface area contributed by atoms with Crippen molar-refractivity contribution in [1.29, 1.82) is 0 Å². The van der Waals surface area contributed by atoms with Gasteiger partial charge in [0, 0.05) is 12.0 Å². The SMILES string of the molecule is Cc1ccc(C2(CN)CCNCC2)cc1. The Labute approximate surface area is 91.9 Å². The highest BCUT2D eigenvalue weighted by Gasteiger charge is 2.32. The van der Waals surface area contributed by atoms with Gasteiger partial charge in [-0.2, -0.15) is 0 Å². The van der Waals surface area contributed by atoms with E-state index in [-0.39, 0.29) is 5.41 Å². The molecule has 2 rings (SSSR count). The van der Waals surface area contributed by atoms with Crippen LogP contribution in [-0.2, 0) is 5.41 Å². The predicted octanol–water partition coefficient (Wildman–Crippen LogP) is 1.57. The van der Waals surface area contributed by atoms with E-state index in [2.05, 4.69) is 36.5 Å². The first-order chi connectivity index (χ1) is 7.27. The molecule has 1 fully saturated rings. The third kappa shape index (κ3) is 2.06. The molecule has 1 aliphatic rings. The zero-order valence-corrected chi connectivity index (χ0v) is 9.42. The minimum atomic E-state index is 0.221. The van der Waals surface area contributed by atoms with Gasteiger partial charge in [0.2, 0.25) is 0 Å². The predicted molar refractivity (Wildman–Crippen MR) is 64.0 cm³/mol. The summed E-state index contributed by atoms with van der Waals surface area (Å²) in [5, 5.41) is 3.40. The van der Waals surface area contributed by atoms with Crippen LogP contribution in [0.5, 0.6) is 0 Å². The van der Waals surface area contributed by atoms with Gasteiger partial charge in [-0.25, -0.2) is 0 Å². The van der Waals surface area contributed by atoms with Gasteiger partial charge in [0.1, 0.15) is 0 Å². The van der Waals surface area contributed by atoms with E-state index in [0.29, 0.717) is 0 Å². The van der Waals surface area contributed by atoms with Crippen LogP contribution in [0.4, 0.5) is 0 Å². The molecule has 0 amide bonds. The molecule has 1 saturated heterocycles. The number of nitrogens with one attached hydrogen (secondary N) is 1. The fourth-order valence-electron chi connectivity index (χ4n) is 2.42. The third-order valence-electron chi connectivity index (χ3n) is 3.62. The summed E-state index contributed by atoms with van der Waals surface area (Å²) in [6.45, 7) is 5.06. The highest BCUT2D eigenvalue weighted by molar-refractivity contribution is 5.30. The summed E-state index contributed by atoms with van der Waals surface area (Å²) in [6.07, 6.45) is 2.32. The summed E-state index contributed by atoms with van der Waals surface area (Å²) in [4.78, 5) is 0. The van der Waals surface area contributed by atoms with Crippen LogP contribution in [0.1, 0.15) is 24.0 Å². The monoisotopic (exact) mass is 204 g/mol. The quantitative estimate of drug-likeness (QED) is 0.767. The van der Waals surface area contributed by atoms with Gasteiger partial charge in [0.05, 0.1) is 0 Å². The van der Waals surface area contributed by atoms with Gasteiger partial charge in [0.25, 0.3) is 0 Å². The van der Waals surface area contributed by atoms with Crippen molar-refractivity contribution >= 4 is 0 Å².